The van der Waals surface area contributed by atoms with Crippen LogP contribution in [0.2, 0.25) is 0 Å². The molecule has 0 bridgehead atoms. The minimum absolute atomic E-state index is 0.396. The Morgan fingerprint density at radius 3 is 3.05 bits per heavy atom. The van der Waals surface area contributed by atoms with Crippen LogP contribution < -0.4 is 11.1 Å². The number of carbonyl (C=O) groups is 1. The first-order chi connectivity index (χ1) is 9.11. The molecule has 19 heavy (non-hydrogen) atoms. The lowest BCUT2D eigenvalue weighted by molar-refractivity contribution is 0.0602. The molecule has 1 aliphatic rings. The van der Waals surface area contributed by atoms with Crippen LogP contribution in [0.15, 0.2) is 16.6 Å². The number of carbonyl (C=O) groups excluding carboxylic acids is 1. The van der Waals surface area contributed by atoms with E-state index in [-0.39, 0.29) is 0 Å². The maximum absolute atomic E-state index is 11.6. The summed E-state index contributed by atoms with van der Waals surface area (Å²) in [5.41, 5.74) is 7.51. The van der Waals surface area contributed by atoms with E-state index < -0.39 is 5.97 Å². The summed E-state index contributed by atoms with van der Waals surface area (Å²) in [5.74, 6) is 0.825. The highest BCUT2D eigenvalue weighted by atomic mass is 79.9. The van der Waals surface area contributed by atoms with Crippen LogP contribution in [-0.4, -0.2) is 30.6 Å². The van der Waals surface area contributed by atoms with Crippen molar-refractivity contribution in [1.29, 1.82) is 0 Å². The van der Waals surface area contributed by atoms with E-state index in [0.717, 1.165) is 16.7 Å². The average molecular weight is 345 g/mol. The van der Waals surface area contributed by atoms with Crippen molar-refractivity contribution in [3.8, 4) is 0 Å². The van der Waals surface area contributed by atoms with Gasteiger partial charge in [-0.2, -0.15) is 11.8 Å². The normalized spacial score (nSPS) is 18.3. The molecule has 0 aliphatic carbocycles. The largest absolute Gasteiger partial charge is 0.465 e. The number of nitrogens with two attached hydrogens (primary N) is 1. The van der Waals surface area contributed by atoms with Crippen LogP contribution in [0.5, 0.6) is 0 Å². The Kier molecular flexibility index (Phi) is 4.99. The molecule has 1 saturated heterocycles. The minimum Gasteiger partial charge on any atom is -0.465 e. The lowest BCUT2D eigenvalue weighted by Crippen LogP contribution is -2.15. The molecule has 1 unspecified atom stereocenters. The Labute approximate surface area is 125 Å². The van der Waals surface area contributed by atoms with Gasteiger partial charge in [0.1, 0.15) is 0 Å². The van der Waals surface area contributed by atoms with E-state index in [9.17, 15) is 4.79 Å². The van der Waals surface area contributed by atoms with Crippen molar-refractivity contribution in [3.05, 3.63) is 22.2 Å². The highest BCUT2D eigenvalue weighted by Gasteiger charge is 2.17. The molecule has 0 amide bonds. The van der Waals surface area contributed by atoms with E-state index in [1.807, 2.05) is 11.8 Å². The number of esters is 1. The number of anilines is 2. The summed E-state index contributed by atoms with van der Waals surface area (Å²) in [6.45, 7) is 0.897. The highest BCUT2D eigenvalue weighted by Crippen LogP contribution is 2.31. The Hall–Kier alpha value is -0.880. The molecule has 0 saturated carbocycles. The van der Waals surface area contributed by atoms with Crippen molar-refractivity contribution >= 4 is 45.0 Å². The van der Waals surface area contributed by atoms with Crippen LogP contribution in [0.3, 0.4) is 0 Å². The van der Waals surface area contributed by atoms with Crippen molar-refractivity contribution in [2.24, 2.45) is 0 Å². The molecule has 2 rings (SSSR count). The predicted octanol–water partition coefficient (Wildman–Crippen LogP) is 3.13. The molecule has 1 aromatic carbocycles. The van der Waals surface area contributed by atoms with Gasteiger partial charge in [-0.3, -0.25) is 0 Å². The van der Waals surface area contributed by atoms with Gasteiger partial charge in [-0.25, -0.2) is 4.79 Å². The van der Waals surface area contributed by atoms with Gasteiger partial charge in [0.15, 0.2) is 0 Å². The van der Waals surface area contributed by atoms with Crippen LogP contribution in [0.25, 0.3) is 0 Å². The third-order valence-electron chi connectivity index (χ3n) is 3.09. The number of nitrogens with one attached hydrogen (secondary N) is 1. The molecule has 4 nitrogen and oxygen atoms in total. The zero-order chi connectivity index (χ0) is 13.8. The SMILES string of the molecule is COC(=O)c1cc(NCC2CCCS2)c(Br)cc1N. The molecular formula is C13H17BrN2O2S. The van der Waals surface area contributed by atoms with Gasteiger partial charge < -0.3 is 15.8 Å². The number of hydrogen-bond acceptors (Lipinski definition) is 5. The van der Waals surface area contributed by atoms with Crippen molar-refractivity contribution in [2.45, 2.75) is 18.1 Å². The van der Waals surface area contributed by atoms with E-state index in [0.29, 0.717) is 16.5 Å². The molecule has 104 valence electrons. The standard InChI is InChI=1S/C13H17BrN2O2S/c1-18-13(17)9-5-12(10(14)6-11(9)15)16-7-8-3-2-4-19-8/h5-6,8,16H,2-4,7,15H2,1H3. The van der Waals surface area contributed by atoms with Crippen molar-refractivity contribution in [2.75, 3.05) is 30.5 Å². The van der Waals surface area contributed by atoms with Gasteiger partial charge in [-0.05, 0) is 46.7 Å². The van der Waals surface area contributed by atoms with E-state index in [1.54, 1.807) is 12.1 Å². The molecular weight excluding hydrogens is 328 g/mol. The quantitative estimate of drug-likeness (QED) is 0.648. The number of methoxy groups -OCH3 is 1. The fourth-order valence-electron chi connectivity index (χ4n) is 2.04. The van der Waals surface area contributed by atoms with Crippen LogP contribution >= 0.6 is 27.7 Å². The smallest absolute Gasteiger partial charge is 0.340 e. The molecule has 0 spiro atoms. The Morgan fingerprint density at radius 1 is 1.63 bits per heavy atom. The number of halogens is 1. The second kappa shape index (κ2) is 6.52. The average Bonchev–Trinajstić information content (AvgIpc) is 2.90. The predicted molar refractivity (Wildman–Crippen MR) is 83.9 cm³/mol. The van der Waals surface area contributed by atoms with E-state index in [1.165, 1.54) is 25.7 Å². The number of benzene rings is 1. The summed E-state index contributed by atoms with van der Waals surface area (Å²) >= 11 is 5.45. The van der Waals surface area contributed by atoms with Crippen LogP contribution in [0.1, 0.15) is 23.2 Å². The van der Waals surface area contributed by atoms with Gasteiger partial charge >= 0.3 is 5.97 Å². The zero-order valence-corrected chi connectivity index (χ0v) is 13.1. The van der Waals surface area contributed by atoms with E-state index in [2.05, 4.69) is 21.2 Å². The topological polar surface area (TPSA) is 64.3 Å². The van der Waals surface area contributed by atoms with Gasteiger partial charge in [0, 0.05) is 27.6 Å². The van der Waals surface area contributed by atoms with Gasteiger partial charge in [-0.1, -0.05) is 0 Å². The third kappa shape index (κ3) is 3.57. The Balaban J connectivity index is 2.12. The molecule has 1 aromatic rings. The second-order valence-corrected chi connectivity index (χ2v) is 6.69. The first-order valence-electron chi connectivity index (χ1n) is 6.14. The van der Waals surface area contributed by atoms with Gasteiger partial charge in [-0.15, -0.1) is 0 Å². The molecule has 0 aromatic heterocycles. The summed E-state index contributed by atoms with van der Waals surface area (Å²) < 4.78 is 5.59. The van der Waals surface area contributed by atoms with Crippen LogP contribution in [-0.2, 0) is 4.74 Å². The molecule has 6 heteroatoms. The monoisotopic (exact) mass is 344 g/mol. The molecule has 0 radical (unpaired) electrons. The molecule has 1 fully saturated rings. The Morgan fingerprint density at radius 2 is 2.42 bits per heavy atom. The second-order valence-electron chi connectivity index (χ2n) is 4.43. The summed E-state index contributed by atoms with van der Waals surface area (Å²) in [6, 6.07) is 3.47. The maximum Gasteiger partial charge on any atom is 0.340 e. The first-order valence-corrected chi connectivity index (χ1v) is 7.99. The van der Waals surface area contributed by atoms with E-state index >= 15 is 0 Å². The zero-order valence-electron chi connectivity index (χ0n) is 10.7. The van der Waals surface area contributed by atoms with Gasteiger partial charge in [0.25, 0.3) is 0 Å². The third-order valence-corrected chi connectivity index (χ3v) is 5.14. The van der Waals surface area contributed by atoms with Crippen molar-refractivity contribution < 1.29 is 9.53 Å². The summed E-state index contributed by atoms with van der Waals surface area (Å²) in [7, 11) is 1.35. The van der Waals surface area contributed by atoms with Crippen molar-refractivity contribution in [1.82, 2.24) is 0 Å². The summed E-state index contributed by atoms with van der Waals surface area (Å²) in [5, 5.41) is 4.01. The van der Waals surface area contributed by atoms with Crippen molar-refractivity contribution in [3.63, 3.8) is 0 Å². The first kappa shape index (κ1) is 14.5. The Bertz CT molecular complexity index is 476. The lowest BCUT2D eigenvalue weighted by atomic mass is 10.1. The number of nitrogen functional groups attached to an aromatic ring is 1. The van der Waals surface area contributed by atoms with E-state index in [4.69, 9.17) is 10.5 Å². The van der Waals surface area contributed by atoms with Crippen LogP contribution in [0.4, 0.5) is 11.4 Å². The molecule has 1 heterocycles. The maximum atomic E-state index is 11.6. The van der Waals surface area contributed by atoms with Gasteiger partial charge in [0.05, 0.1) is 12.7 Å². The highest BCUT2D eigenvalue weighted by molar-refractivity contribution is 9.10. The molecule has 1 atom stereocenters. The van der Waals surface area contributed by atoms with Gasteiger partial charge in [0.2, 0.25) is 0 Å². The molecule has 1 aliphatic heterocycles. The number of rotatable bonds is 4. The number of ether oxygens (including phenoxy) is 1. The van der Waals surface area contributed by atoms with Crippen LogP contribution in [0, 0.1) is 0 Å². The molecule has 3 N–H and O–H groups in total. The fourth-order valence-corrected chi connectivity index (χ4v) is 3.74. The lowest BCUT2D eigenvalue weighted by Gasteiger charge is -2.14. The summed E-state index contributed by atoms with van der Waals surface area (Å²) in [4.78, 5) is 11.6. The number of thioether (sulfide) groups is 1. The number of hydrogen-bond donors (Lipinski definition) is 2. The minimum atomic E-state index is -0.414. The summed E-state index contributed by atoms with van der Waals surface area (Å²) in [6.07, 6.45) is 2.53. The fraction of sp³-hybridized carbons (Fsp3) is 0.462.